The van der Waals surface area contributed by atoms with Crippen LogP contribution in [-0.4, -0.2) is 4.57 Å². The topological polar surface area (TPSA) is 30.9 Å². The van der Waals surface area contributed by atoms with Crippen molar-refractivity contribution in [1.82, 2.24) is 4.57 Å². The minimum absolute atomic E-state index is 0.216. The highest BCUT2D eigenvalue weighted by atomic mass is 15.0. The van der Waals surface area contributed by atoms with E-state index in [9.17, 15) is 0 Å². The lowest BCUT2D eigenvalue weighted by Crippen LogP contribution is -2.18. The molecule has 1 aromatic heterocycles. The van der Waals surface area contributed by atoms with Gasteiger partial charge in [0.25, 0.3) is 0 Å². The fourth-order valence-corrected chi connectivity index (χ4v) is 3.23. The minimum Gasteiger partial charge on any atom is -0.324 e. The number of aromatic nitrogens is 1. The van der Waals surface area contributed by atoms with E-state index >= 15 is 0 Å². The van der Waals surface area contributed by atoms with Crippen LogP contribution in [0.15, 0.2) is 24.3 Å². The van der Waals surface area contributed by atoms with E-state index in [-0.39, 0.29) is 6.04 Å². The molecule has 0 fully saturated rings. The van der Waals surface area contributed by atoms with E-state index in [4.69, 9.17) is 5.73 Å². The Morgan fingerprint density at radius 1 is 1.16 bits per heavy atom. The van der Waals surface area contributed by atoms with E-state index in [0.717, 1.165) is 12.8 Å². The Bertz CT molecular complexity index is 622. The van der Waals surface area contributed by atoms with Gasteiger partial charge in [0.2, 0.25) is 0 Å². The summed E-state index contributed by atoms with van der Waals surface area (Å²) >= 11 is 0. The van der Waals surface area contributed by atoms with E-state index in [1.807, 2.05) is 0 Å². The highest BCUT2D eigenvalue weighted by molar-refractivity contribution is 5.49. The second-order valence-electron chi connectivity index (χ2n) is 5.81. The number of nitrogens with zero attached hydrogens (tertiary/aromatic N) is 1. The Morgan fingerprint density at radius 2 is 1.95 bits per heavy atom. The molecule has 1 heterocycles. The van der Waals surface area contributed by atoms with Crippen LogP contribution in [0.2, 0.25) is 0 Å². The zero-order valence-electron chi connectivity index (χ0n) is 12.0. The van der Waals surface area contributed by atoms with Crippen molar-refractivity contribution in [1.29, 1.82) is 0 Å². The third-order valence-corrected chi connectivity index (χ3v) is 4.25. The van der Waals surface area contributed by atoms with Crippen LogP contribution in [0.1, 0.15) is 47.0 Å². The van der Waals surface area contributed by atoms with E-state index in [1.54, 1.807) is 0 Å². The molecule has 2 N–H and O–H groups in total. The summed E-state index contributed by atoms with van der Waals surface area (Å²) in [5.74, 6) is 0. The Hall–Kier alpha value is -1.54. The molecule has 2 nitrogen and oxygen atoms in total. The Kier molecular flexibility index (Phi) is 2.98. The predicted molar refractivity (Wildman–Crippen MR) is 79.8 cm³/mol. The van der Waals surface area contributed by atoms with Crippen molar-refractivity contribution in [2.24, 2.45) is 5.73 Å². The highest BCUT2D eigenvalue weighted by Gasteiger charge is 2.23. The van der Waals surface area contributed by atoms with E-state index in [0.29, 0.717) is 0 Å². The van der Waals surface area contributed by atoms with Crippen molar-refractivity contribution in [2.75, 3.05) is 0 Å². The van der Waals surface area contributed by atoms with Crippen LogP contribution in [0.25, 0.3) is 5.69 Å². The molecule has 1 aliphatic carbocycles. The molecule has 1 aromatic carbocycles. The van der Waals surface area contributed by atoms with Gasteiger partial charge in [-0.05, 0) is 68.9 Å². The van der Waals surface area contributed by atoms with Gasteiger partial charge in [0, 0.05) is 23.1 Å². The number of fused-ring (bicyclic) bond motifs is 1. The molecule has 0 amide bonds. The lowest BCUT2D eigenvalue weighted by Gasteiger charge is -2.22. The second-order valence-corrected chi connectivity index (χ2v) is 5.81. The van der Waals surface area contributed by atoms with Crippen molar-refractivity contribution < 1.29 is 0 Å². The van der Waals surface area contributed by atoms with Crippen molar-refractivity contribution in [3.8, 4) is 5.69 Å². The van der Waals surface area contributed by atoms with Crippen LogP contribution in [0, 0.1) is 20.8 Å². The van der Waals surface area contributed by atoms with E-state index < -0.39 is 0 Å². The first-order chi connectivity index (χ1) is 9.08. The molecule has 1 atom stereocenters. The van der Waals surface area contributed by atoms with Gasteiger partial charge in [0.1, 0.15) is 0 Å². The van der Waals surface area contributed by atoms with Gasteiger partial charge in [-0.1, -0.05) is 12.1 Å². The third-order valence-electron chi connectivity index (χ3n) is 4.25. The average Bonchev–Trinajstić information content (AvgIpc) is 2.70. The fourth-order valence-electron chi connectivity index (χ4n) is 3.23. The summed E-state index contributed by atoms with van der Waals surface area (Å²) in [5, 5.41) is 0. The standard InChI is InChI=1S/C17H22N2/c1-11-7-8-12(2)17(9-11)19-13(3)10-14-15(18)5-4-6-16(14)19/h7-10,15H,4-6,18H2,1-3H3. The number of nitrogens with two attached hydrogens (primary N) is 1. The first kappa shape index (κ1) is 12.5. The van der Waals surface area contributed by atoms with Gasteiger partial charge in [-0.2, -0.15) is 0 Å². The molecule has 0 spiro atoms. The molecule has 3 rings (SSSR count). The Balaban J connectivity index is 2.23. The summed E-state index contributed by atoms with van der Waals surface area (Å²) in [7, 11) is 0. The second kappa shape index (κ2) is 4.53. The molecule has 2 heteroatoms. The van der Waals surface area contributed by atoms with Gasteiger partial charge in [-0.3, -0.25) is 0 Å². The molecular formula is C17H22N2. The number of hydrogen-bond donors (Lipinski definition) is 1. The van der Waals surface area contributed by atoms with Crippen molar-refractivity contribution >= 4 is 0 Å². The fraction of sp³-hybridized carbons (Fsp3) is 0.412. The van der Waals surface area contributed by atoms with Gasteiger partial charge < -0.3 is 10.3 Å². The lowest BCUT2D eigenvalue weighted by molar-refractivity contribution is 0.559. The largest absolute Gasteiger partial charge is 0.324 e. The molecule has 100 valence electrons. The number of hydrogen-bond acceptors (Lipinski definition) is 1. The van der Waals surface area contributed by atoms with Crippen LogP contribution in [0.5, 0.6) is 0 Å². The van der Waals surface area contributed by atoms with Crippen LogP contribution >= 0.6 is 0 Å². The number of aryl methyl sites for hydroxylation is 3. The van der Waals surface area contributed by atoms with Crippen LogP contribution < -0.4 is 5.73 Å². The summed E-state index contributed by atoms with van der Waals surface area (Å²) in [6.45, 7) is 6.52. The maximum absolute atomic E-state index is 6.26. The van der Waals surface area contributed by atoms with Crippen LogP contribution in [0.4, 0.5) is 0 Å². The quantitative estimate of drug-likeness (QED) is 0.825. The first-order valence-electron chi connectivity index (χ1n) is 7.12. The maximum Gasteiger partial charge on any atom is 0.0486 e. The molecule has 2 aromatic rings. The summed E-state index contributed by atoms with van der Waals surface area (Å²) < 4.78 is 2.41. The first-order valence-corrected chi connectivity index (χ1v) is 7.12. The normalized spacial score (nSPS) is 18.4. The summed E-state index contributed by atoms with van der Waals surface area (Å²) in [5.41, 5.74) is 14.3. The number of benzene rings is 1. The zero-order chi connectivity index (χ0) is 13.6. The minimum atomic E-state index is 0.216. The molecule has 0 bridgehead atoms. The molecule has 0 saturated carbocycles. The molecule has 1 aliphatic rings. The van der Waals surface area contributed by atoms with E-state index in [2.05, 4.69) is 49.6 Å². The molecule has 0 aliphatic heterocycles. The monoisotopic (exact) mass is 254 g/mol. The SMILES string of the molecule is Cc1ccc(C)c(-n2c(C)cc3c2CCCC3N)c1. The van der Waals surface area contributed by atoms with Gasteiger partial charge >= 0.3 is 0 Å². The maximum atomic E-state index is 6.26. The molecule has 1 unspecified atom stereocenters. The smallest absolute Gasteiger partial charge is 0.0486 e. The Morgan fingerprint density at radius 3 is 2.74 bits per heavy atom. The molecule has 0 radical (unpaired) electrons. The zero-order valence-corrected chi connectivity index (χ0v) is 12.0. The van der Waals surface area contributed by atoms with Gasteiger partial charge in [0.05, 0.1) is 0 Å². The molecule has 19 heavy (non-hydrogen) atoms. The summed E-state index contributed by atoms with van der Waals surface area (Å²) in [4.78, 5) is 0. The summed E-state index contributed by atoms with van der Waals surface area (Å²) in [6, 6.07) is 9.16. The summed E-state index contributed by atoms with van der Waals surface area (Å²) in [6.07, 6.45) is 3.45. The van der Waals surface area contributed by atoms with Gasteiger partial charge in [-0.25, -0.2) is 0 Å². The predicted octanol–water partition coefficient (Wildman–Crippen LogP) is 3.74. The van der Waals surface area contributed by atoms with Gasteiger partial charge in [-0.15, -0.1) is 0 Å². The highest BCUT2D eigenvalue weighted by Crippen LogP contribution is 2.33. The van der Waals surface area contributed by atoms with Crippen molar-refractivity contribution in [3.05, 3.63) is 52.3 Å². The van der Waals surface area contributed by atoms with Crippen molar-refractivity contribution in [3.63, 3.8) is 0 Å². The molecular weight excluding hydrogens is 232 g/mol. The lowest BCUT2D eigenvalue weighted by atomic mass is 9.93. The van der Waals surface area contributed by atoms with E-state index in [1.165, 1.54) is 40.2 Å². The number of rotatable bonds is 1. The van der Waals surface area contributed by atoms with Crippen molar-refractivity contribution in [2.45, 2.75) is 46.1 Å². The average molecular weight is 254 g/mol. The Labute approximate surface area is 115 Å². The van der Waals surface area contributed by atoms with Crippen LogP contribution in [0.3, 0.4) is 0 Å². The molecule has 0 saturated heterocycles. The van der Waals surface area contributed by atoms with Gasteiger partial charge in [0.15, 0.2) is 0 Å². The van der Waals surface area contributed by atoms with Crippen LogP contribution in [-0.2, 0) is 6.42 Å². The third kappa shape index (κ3) is 2.00.